The van der Waals surface area contributed by atoms with Gasteiger partial charge in [-0.25, -0.2) is 9.97 Å². The van der Waals surface area contributed by atoms with Gasteiger partial charge in [0.2, 0.25) is 5.82 Å². The van der Waals surface area contributed by atoms with Gasteiger partial charge in [-0.05, 0) is 6.92 Å². The van der Waals surface area contributed by atoms with E-state index >= 15 is 0 Å². The molecule has 9 heteroatoms. The first-order valence-corrected chi connectivity index (χ1v) is 6.28. The topological polar surface area (TPSA) is 67.3 Å². The molecule has 0 aliphatic carbocycles. The molecule has 0 radical (unpaired) electrons. The van der Waals surface area contributed by atoms with E-state index in [0.29, 0.717) is 13.0 Å². The molecule has 1 fully saturated rings. The van der Waals surface area contributed by atoms with Crippen LogP contribution in [0.3, 0.4) is 0 Å². The van der Waals surface area contributed by atoms with Crippen LogP contribution in [0.2, 0.25) is 5.15 Å². The minimum absolute atomic E-state index is 0.0127. The maximum atomic E-state index is 12.5. The number of ether oxygens (including phenoxy) is 1. The molecule has 2 N–H and O–H groups in total. The van der Waals surface area contributed by atoms with E-state index in [2.05, 4.69) is 15.3 Å². The van der Waals surface area contributed by atoms with E-state index in [4.69, 9.17) is 16.3 Å². The molecule has 0 saturated carbocycles. The molecular formula is C11H13ClF3N3O2. The van der Waals surface area contributed by atoms with Gasteiger partial charge < -0.3 is 15.2 Å². The maximum Gasteiger partial charge on any atom is 0.451 e. The maximum absolute atomic E-state index is 12.5. The Hall–Kier alpha value is -1.12. The van der Waals surface area contributed by atoms with Crippen molar-refractivity contribution in [2.24, 2.45) is 0 Å². The van der Waals surface area contributed by atoms with Gasteiger partial charge in [0, 0.05) is 25.6 Å². The number of anilines is 1. The van der Waals surface area contributed by atoms with E-state index in [1.807, 2.05) is 0 Å². The van der Waals surface area contributed by atoms with Gasteiger partial charge in [-0.3, -0.25) is 0 Å². The summed E-state index contributed by atoms with van der Waals surface area (Å²) in [5, 5.41) is 12.6. The van der Waals surface area contributed by atoms with Crippen LogP contribution in [0.5, 0.6) is 0 Å². The predicted molar refractivity (Wildman–Crippen MR) is 65.5 cm³/mol. The lowest BCUT2D eigenvalue weighted by Crippen LogP contribution is -2.43. The van der Waals surface area contributed by atoms with Crippen molar-refractivity contribution in [3.8, 4) is 0 Å². The number of rotatable bonds is 3. The van der Waals surface area contributed by atoms with Crippen LogP contribution in [0.4, 0.5) is 19.0 Å². The lowest BCUT2D eigenvalue weighted by Gasteiger charge is -2.26. The van der Waals surface area contributed by atoms with Crippen molar-refractivity contribution in [3.63, 3.8) is 0 Å². The van der Waals surface area contributed by atoms with E-state index in [1.165, 1.54) is 6.07 Å². The third kappa shape index (κ3) is 3.31. The summed E-state index contributed by atoms with van der Waals surface area (Å²) in [7, 11) is 0. The molecule has 1 aliphatic heterocycles. The molecular weight excluding hydrogens is 299 g/mol. The normalized spacial score (nSPS) is 26.8. The van der Waals surface area contributed by atoms with Crippen LogP contribution in [-0.2, 0) is 10.9 Å². The van der Waals surface area contributed by atoms with Crippen molar-refractivity contribution >= 4 is 17.4 Å². The monoisotopic (exact) mass is 311 g/mol. The summed E-state index contributed by atoms with van der Waals surface area (Å²) in [5.41, 5.74) is -1.14. The highest BCUT2D eigenvalue weighted by Gasteiger charge is 2.40. The molecule has 0 amide bonds. The Bertz CT molecular complexity index is 500. The number of aromatic nitrogens is 2. The second kappa shape index (κ2) is 5.34. The zero-order chi connectivity index (χ0) is 15.0. The van der Waals surface area contributed by atoms with Gasteiger partial charge in [0.05, 0.1) is 6.10 Å². The van der Waals surface area contributed by atoms with Crippen LogP contribution in [0, 0.1) is 0 Å². The third-order valence-electron chi connectivity index (χ3n) is 3.18. The first kappa shape index (κ1) is 15.3. The summed E-state index contributed by atoms with van der Waals surface area (Å²) >= 11 is 5.54. The van der Waals surface area contributed by atoms with Crippen molar-refractivity contribution in [1.29, 1.82) is 0 Å². The SMILES string of the molecule is CC1OCCC1(O)CNc1cc(Cl)nc(C(F)(F)F)n1. The Morgan fingerprint density at radius 2 is 2.25 bits per heavy atom. The molecule has 0 bridgehead atoms. The van der Waals surface area contributed by atoms with Crippen LogP contribution in [0.25, 0.3) is 0 Å². The largest absolute Gasteiger partial charge is 0.451 e. The van der Waals surface area contributed by atoms with Crippen molar-refractivity contribution in [2.75, 3.05) is 18.5 Å². The fraction of sp³-hybridized carbons (Fsp3) is 0.636. The van der Waals surface area contributed by atoms with Gasteiger partial charge in [-0.2, -0.15) is 13.2 Å². The lowest BCUT2D eigenvalue weighted by molar-refractivity contribution is -0.144. The van der Waals surface area contributed by atoms with Gasteiger partial charge in [0.25, 0.3) is 0 Å². The van der Waals surface area contributed by atoms with Crippen LogP contribution < -0.4 is 5.32 Å². The van der Waals surface area contributed by atoms with Gasteiger partial charge >= 0.3 is 6.18 Å². The van der Waals surface area contributed by atoms with Crippen LogP contribution in [0.1, 0.15) is 19.2 Å². The second-order valence-electron chi connectivity index (χ2n) is 4.62. The first-order valence-electron chi connectivity index (χ1n) is 5.90. The van der Waals surface area contributed by atoms with Gasteiger partial charge in [0.15, 0.2) is 0 Å². The molecule has 2 atom stereocenters. The molecule has 1 saturated heterocycles. The molecule has 0 aromatic carbocycles. The average Bonchev–Trinajstić information content (AvgIpc) is 2.66. The van der Waals surface area contributed by atoms with E-state index in [0.717, 1.165) is 0 Å². The van der Waals surface area contributed by atoms with Crippen molar-refractivity contribution in [3.05, 3.63) is 17.0 Å². The highest BCUT2D eigenvalue weighted by molar-refractivity contribution is 6.29. The number of nitrogens with one attached hydrogen (secondary N) is 1. The molecule has 1 aromatic rings. The second-order valence-corrected chi connectivity index (χ2v) is 5.00. The minimum atomic E-state index is -4.68. The zero-order valence-electron chi connectivity index (χ0n) is 10.5. The summed E-state index contributed by atoms with van der Waals surface area (Å²) < 4.78 is 42.9. The van der Waals surface area contributed by atoms with Crippen LogP contribution in [0.15, 0.2) is 6.07 Å². The predicted octanol–water partition coefficient (Wildman–Crippen LogP) is 2.10. The molecule has 112 valence electrons. The van der Waals surface area contributed by atoms with Crippen LogP contribution in [-0.4, -0.2) is 39.9 Å². The van der Waals surface area contributed by atoms with Crippen molar-refractivity contribution < 1.29 is 23.0 Å². The molecule has 1 aliphatic rings. The van der Waals surface area contributed by atoms with Crippen molar-refractivity contribution in [1.82, 2.24) is 9.97 Å². The zero-order valence-corrected chi connectivity index (χ0v) is 11.3. The number of hydrogen-bond acceptors (Lipinski definition) is 5. The highest BCUT2D eigenvalue weighted by atomic mass is 35.5. The minimum Gasteiger partial charge on any atom is -0.385 e. The standard InChI is InChI=1S/C11H13ClF3N3O2/c1-6-10(19,2-3-20-6)5-16-8-4-7(12)17-9(18-8)11(13,14)15/h4,6,19H,2-3,5H2,1H3,(H,16,17,18). The molecule has 5 nitrogen and oxygen atoms in total. The number of halogens is 4. The quantitative estimate of drug-likeness (QED) is 0.837. The fourth-order valence-corrected chi connectivity index (χ4v) is 2.06. The summed E-state index contributed by atoms with van der Waals surface area (Å²) in [5.74, 6) is -1.42. The number of nitrogens with zero attached hydrogens (tertiary/aromatic N) is 2. The summed E-state index contributed by atoms with van der Waals surface area (Å²) in [6, 6.07) is 1.17. The number of hydrogen-bond donors (Lipinski definition) is 2. The van der Waals surface area contributed by atoms with E-state index in [-0.39, 0.29) is 17.5 Å². The number of aliphatic hydroxyl groups is 1. The Kier molecular flexibility index (Phi) is 4.08. The van der Waals surface area contributed by atoms with Gasteiger partial charge in [-0.15, -0.1) is 0 Å². The van der Waals surface area contributed by atoms with Gasteiger partial charge in [0.1, 0.15) is 16.6 Å². The molecule has 0 spiro atoms. The smallest absolute Gasteiger partial charge is 0.385 e. The van der Waals surface area contributed by atoms with E-state index < -0.39 is 23.7 Å². The van der Waals surface area contributed by atoms with Crippen molar-refractivity contribution in [2.45, 2.75) is 31.2 Å². The Labute approximate surface area is 118 Å². The fourth-order valence-electron chi connectivity index (χ4n) is 1.88. The Balaban J connectivity index is 2.12. The van der Waals surface area contributed by atoms with E-state index in [9.17, 15) is 18.3 Å². The Morgan fingerprint density at radius 3 is 2.80 bits per heavy atom. The average molecular weight is 312 g/mol. The van der Waals surface area contributed by atoms with Gasteiger partial charge in [-0.1, -0.05) is 11.6 Å². The highest BCUT2D eigenvalue weighted by Crippen LogP contribution is 2.29. The summed E-state index contributed by atoms with van der Waals surface area (Å²) in [4.78, 5) is 6.46. The first-order chi connectivity index (χ1) is 9.21. The molecule has 2 unspecified atom stereocenters. The number of alkyl halides is 3. The lowest BCUT2D eigenvalue weighted by atomic mass is 9.97. The molecule has 1 aromatic heterocycles. The van der Waals surface area contributed by atoms with Crippen LogP contribution >= 0.6 is 11.6 Å². The summed E-state index contributed by atoms with van der Waals surface area (Å²) in [6.07, 6.45) is -4.69. The molecule has 20 heavy (non-hydrogen) atoms. The Morgan fingerprint density at radius 1 is 1.55 bits per heavy atom. The molecule has 2 heterocycles. The van der Waals surface area contributed by atoms with E-state index in [1.54, 1.807) is 6.92 Å². The third-order valence-corrected chi connectivity index (χ3v) is 3.38. The summed E-state index contributed by atoms with van der Waals surface area (Å²) in [6.45, 7) is 2.11. The molecule has 2 rings (SSSR count).